The predicted octanol–water partition coefficient (Wildman–Crippen LogP) is 3.02. The molecule has 0 aliphatic carbocycles. The first-order valence-corrected chi connectivity index (χ1v) is 7.48. The van der Waals surface area contributed by atoms with Gasteiger partial charge in [0.15, 0.2) is 5.75 Å². The van der Waals surface area contributed by atoms with Crippen LogP contribution < -0.4 is 16.0 Å². The molecule has 3 N–H and O–H groups in total. The number of anilines is 1. The van der Waals surface area contributed by atoms with Crippen LogP contribution in [0.15, 0.2) is 52.4 Å². The summed E-state index contributed by atoms with van der Waals surface area (Å²) in [6.07, 6.45) is 3.37. The van der Waals surface area contributed by atoms with Gasteiger partial charge in [-0.1, -0.05) is 0 Å². The zero-order valence-corrected chi connectivity index (χ0v) is 12.1. The Labute approximate surface area is 125 Å². The van der Waals surface area contributed by atoms with E-state index in [2.05, 4.69) is 9.97 Å². The molecule has 21 heavy (non-hydrogen) atoms. The lowest BCUT2D eigenvalue weighted by Gasteiger charge is -2.09. The molecular weight excluding hydrogens is 286 g/mol. The van der Waals surface area contributed by atoms with E-state index >= 15 is 0 Å². The van der Waals surface area contributed by atoms with Crippen LogP contribution in [-0.2, 0) is 0 Å². The van der Waals surface area contributed by atoms with Gasteiger partial charge in [0, 0.05) is 11.0 Å². The van der Waals surface area contributed by atoms with Crippen LogP contribution in [0.5, 0.6) is 11.5 Å². The highest BCUT2D eigenvalue weighted by Crippen LogP contribution is 2.30. The molecule has 0 atom stereocenters. The highest BCUT2D eigenvalue weighted by molar-refractivity contribution is 7.98. The van der Waals surface area contributed by atoms with Crippen molar-refractivity contribution < 1.29 is 4.74 Å². The first-order chi connectivity index (χ1) is 10.2. The van der Waals surface area contributed by atoms with Gasteiger partial charge in [-0.2, -0.15) is 0 Å². The smallest absolute Gasteiger partial charge is 0.258 e. The quantitative estimate of drug-likeness (QED) is 0.574. The van der Waals surface area contributed by atoms with Crippen molar-refractivity contribution in [3.8, 4) is 11.5 Å². The topological polar surface area (TPSA) is 81.0 Å². The number of nitrogens with one attached hydrogen (secondary N) is 1. The number of thioether (sulfide) groups is 1. The fourth-order valence-corrected chi connectivity index (χ4v) is 2.38. The molecule has 0 aliphatic rings. The van der Waals surface area contributed by atoms with Crippen molar-refractivity contribution in [3.05, 3.63) is 53.1 Å². The number of benzene rings is 2. The number of nitrogens with two attached hydrogens (primary N) is 1. The van der Waals surface area contributed by atoms with E-state index < -0.39 is 0 Å². The van der Waals surface area contributed by atoms with Gasteiger partial charge in [-0.15, -0.1) is 11.8 Å². The predicted molar refractivity (Wildman–Crippen MR) is 85.1 cm³/mol. The second-order valence-electron chi connectivity index (χ2n) is 4.42. The maximum Gasteiger partial charge on any atom is 0.258 e. The highest BCUT2D eigenvalue weighted by Gasteiger charge is 2.08. The average molecular weight is 299 g/mol. The van der Waals surface area contributed by atoms with Gasteiger partial charge in [-0.25, -0.2) is 4.98 Å². The second-order valence-corrected chi connectivity index (χ2v) is 5.30. The third-order valence-electron chi connectivity index (χ3n) is 3.06. The Kier molecular flexibility index (Phi) is 3.53. The first-order valence-electron chi connectivity index (χ1n) is 6.26. The van der Waals surface area contributed by atoms with Gasteiger partial charge < -0.3 is 15.5 Å². The maximum absolute atomic E-state index is 11.7. The van der Waals surface area contributed by atoms with E-state index in [0.717, 1.165) is 4.90 Å². The molecule has 0 aliphatic heterocycles. The number of rotatable bonds is 3. The summed E-state index contributed by atoms with van der Waals surface area (Å²) in [4.78, 5) is 19.5. The van der Waals surface area contributed by atoms with Crippen LogP contribution >= 0.6 is 11.8 Å². The molecule has 2 aromatic carbocycles. The van der Waals surface area contributed by atoms with E-state index in [-0.39, 0.29) is 5.56 Å². The Morgan fingerprint density at radius 1 is 1.24 bits per heavy atom. The van der Waals surface area contributed by atoms with Crippen molar-refractivity contribution in [2.45, 2.75) is 4.90 Å². The lowest BCUT2D eigenvalue weighted by molar-refractivity contribution is 0.485. The van der Waals surface area contributed by atoms with Crippen molar-refractivity contribution >= 4 is 28.4 Å². The molecule has 0 saturated heterocycles. The summed E-state index contributed by atoms with van der Waals surface area (Å²) < 4.78 is 5.77. The number of H-pyrrole nitrogens is 1. The van der Waals surface area contributed by atoms with E-state index in [0.29, 0.717) is 28.1 Å². The lowest BCUT2D eigenvalue weighted by atomic mass is 10.2. The number of aromatic amines is 1. The molecular formula is C15H13N3O2S. The minimum absolute atomic E-state index is 0.220. The summed E-state index contributed by atoms with van der Waals surface area (Å²) in [6, 6.07) is 10.9. The van der Waals surface area contributed by atoms with Crippen LogP contribution in [0.1, 0.15) is 0 Å². The average Bonchev–Trinajstić information content (AvgIpc) is 2.50. The number of ether oxygens (including phenoxy) is 1. The monoisotopic (exact) mass is 299 g/mol. The fraction of sp³-hybridized carbons (Fsp3) is 0.0667. The van der Waals surface area contributed by atoms with Gasteiger partial charge in [0.25, 0.3) is 5.56 Å². The normalized spacial score (nSPS) is 10.7. The Bertz CT molecular complexity index is 844. The molecule has 0 bridgehead atoms. The molecule has 3 aromatic rings. The number of nitrogens with zero attached hydrogens (tertiary/aromatic N) is 1. The molecule has 5 nitrogen and oxygen atoms in total. The molecule has 0 amide bonds. The van der Waals surface area contributed by atoms with Crippen molar-refractivity contribution in [2.24, 2.45) is 0 Å². The van der Waals surface area contributed by atoms with Crippen LogP contribution in [0.25, 0.3) is 10.9 Å². The van der Waals surface area contributed by atoms with Crippen LogP contribution in [0.3, 0.4) is 0 Å². The van der Waals surface area contributed by atoms with Crippen molar-refractivity contribution in [1.29, 1.82) is 0 Å². The number of aromatic nitrogens is 2. The summed E-state index contributed by atoms with van der Waals surface area (Å²) in [5.41, 5.74) is 6.67. The van der Waals surface area contributed by atoms with E-state index in [4.69, 9.17) is 10.5 Å². The summed E-state index contributed by atoms with van der Waals surface area (Å²) in [5, 5.41) is 0.445. The van der Waals surface area contributed by atoms with Gasteiger partial charge in [-0.3, -0.25) is 4.79 Å². The van der Waals surface area contributed by atoms with Crippen LogP contribution in [-0.4, -0.2) is 16.2 Å². The van der Waals surface area contributed by atoms with E-state index in [1.807, 2.05) is 30.5 Å². The van der Waals surface area contributed by atoms with E-state index in [9.17, 15) is 4.79 Å². The van der Waals surface area contributed by atoms with Crippen LogP contribution in [0.2, 0.25) is 0 Å². The maximum atomic E-state index is 11.7. The summed E-state index contributed by atoms with van der Waals surface area (Å²) in [6.45, 7) is 0. The summed E-state index contributed by atoms with van der Waals surface area (Å²) in [7, 11) is 0. The molecule has 1 heterocycles. The standard InChI is InChI=1S/C15H13N3O2S/c1-21-10-4-2-9(3-5-10)20-14-7-13-11(6-12(14)16)15(19)18-8-17-13/h2-8H,16H2,1H3,(H,17,18,19). The van der Waals surface area contributed by atoms with Crippen LogP contribution in [0, 0.1) is 0 Å². The van der Waals surface area contributed by atoms with Gasteiger partial charge in [0.1, 0.15) is 5.75 Å². The van der Waals surface area contributed by atoms with Crippen LogP contribution in [0.4, 0.5) is 5.69 Å². The third-order valence-corrected chi connectivity index (χ3v) is 3.80. The van der Waals surface area contributed by atoms with Gasteiger partial charge in [0.2, 0.25) is 0 Å². The molecule has 0 unspecified atom stereocenters. The second kappa shape index (κ2) is 5.49. The molecule has 0 saturated carbocycles. The van der Waals surface area contributed by atoms with Gasteiger partial charge in [0.05, 0.1) is 22.9 Å². The number of nitrogen functional groups attached to an aromatic ring is 1. The van der Waals surface area contributed by atoms with Gasteiger partial charge in [-0.05, 0) is 36.6 Å². The Morgan fingerprint density at radius 2 is 2.00 bits per heavy atom. The molecule has 1 aromatic heterocycles. The Balaban J connectivity index is 1.99. The molecule has 0 spiro atoms. The first kappa shape index (κ1) is 13.5. The number of fused-ring (bicyclic) bond motifs is 1. The minimum atomic E-state index is -0.220. The highest BCUT2D eigenvalue weighted by atomic mass is 32.2. The van der Waals surface area contributed by atoms with E-state index in [1.165, 1.54) is 6.33 Å². The van der Waals surface area contributed by atoms with Crippen molar-refractivity contribution in [1.82, 2.24) is 9.97 Å². The number of hydrogen-bond donors (Lipinski definition) is 2. The minimum Gasteiger partial charge on any atom is -0.455 e. The molecule has 106 valence electrons. The largest absolute Gasteiger partial charge is 0.455 e. The zero-order chi connectivity index (χ0) is 14.8. The zero-order valence-electron chi connectivity index (χ0n) is 11.3. The summed E-state index contributed by atoms with van der Waals surface area (Å²) >= 11 is 1.66. The van der Waals surface area contributed by atoms with E-state index in [1.54, 1.807) is 23.9 Å². The third kappa shape index (κ3) is 2.71. The Morgan fingerprint density at radius 3 is 2.71 bits per heavy atom. The summed E-state index contributed by atoms with van der Waals surface area (Å²) in [5.74, 6) is 1.17. The fourth-order valence-electron chi connectivity index (χ4n) is 1.97. The van der Waals surface area contributed by atoms with Crippen molar-refractivity contribution in [2.75, 3.05) is 12.0 Å². The van der Waals surface area contributed by atoms with Crippen molar-refractivity contribution in [3.63, 3.8) is 0 Å². The number of hydrogen-bond acceptors (Lipinski definition) is 5. The molecule has 0 fully saturated rings. The van der Waals surface area contributed by atoms with Gasteiger partial charge >= 0.3 is 0 Å². The Hall–Kier alpha value is -2.47. The molecule has 3 rings (SSSR count). The SMILES string of the molecule is CSc1ccc(Oc2cc3nc[nH]c(=O)c3cc2N)cc1. The molecule has 6 heteroatoms. The lowest BCUT2D eigenvalue weighted by Crippen LogP contribution is -2.07. The molecule has 0 radical (unpaired) electrons.